The smallest absolute Gasteiger partial charge is 0.319 e. The molecule has 1 aliphatic rings. The van der Waals surface area contributed by atoms with Gasteiger partial charge in [-0.2, -0.15) is 0 Å². The zero-order valence-corrected chi connectivity index (χ0v) is 13.1. The fraction of sp³-hybridized carbons (Fsp3) is 0.167. The molecule has 0 aliphatic carbocycles. The van der Waals surface area contributed by atoms with E-state index in [0.717, 1.165) is 11.3 Å². The monoisotopic (exact) mass is 326 g/mol. The number of urea groups is 1. The number of anilines is 1. The molecule has 1 aliphatic heterocycles. The molecule has 24 heavy (non-hydrogen) atoms. The predicted molar refractivity (Wildman–Crippen MR) is 90.6 cm³/mol. The normalized spacial score (nSPS) is 11.7. The molecule has 3 rings (SSSR count). The Morgan fingerprint density at radius 3 is 2.96 bits per heavy atom. The molecule has 0 saturated carbocycles. The summed E-state index contributed by atoms with van der Waals surface area (Å²) in [4.78, 5) is 12.0. The highest BCUT2D eigenvalue weighted by Crippen LogP contribution is 2.32. The van der Waals surface area contributed by atoms with E-state index in [2.05, 4.69) is 17.2 Å². The number of hydrogen-bond acceptors (Lipinski definition) is 4. The van der Waals surface area contributed by atoms with Crippen molar-refractivity contribution in [2.75, 3.05) is 18.7 Å². The number of amides is 2. The van der Waals surface area contributed by atoms with E-state index in [4.69, 9.17) is 14.2 Å². The van der Waals surface area contributed by atoms with Gasteiger partial charge in [0.05, 0.1) is 0 Å². The molecule has 0 spiro atoms. The van der Waals surface area contributed by atoms with Crippen LogP contribution in [-0.4, -0.2) is 19.4 Å². The van der Waals surface area contributed by atoms with Crippen LogP contribution in [0.25, 0.3) is 0 Å². The highest BCUT2D eigenvalue weighted by atomic mass is 16.7. The fourth-order valence-corrected chi connectivity index (χ4v) is 2.23. The van der Waals surface area contributed by atoms with Crippen LogP contribution in [0.2, 0.25) is 0 Å². The van der Waals surface area contributed by atoms with Crippen molar-refractivity contribution >= 4 is 11.7 Å². The number of hydrogen-bond donors (Lipinski definition) is 2. The summed E-state index contributed by atoms with van der Waals surface area (Å²) in [5.41, 5.74) is 1.58. The zero-order valence-electron chi connectivity index (χ0n) is 13.1. The van der Waals surface area contributed by atoms with E-state index >= 15 is 0 Å². The third kappa shape index (κ3) is 3.98. The van der Waals surface area contributed by atoms with Crippen molar-refractivity contribution in [2.45, 2.75) is 6.54 Å². The summed E-state index contributed by atoms with van der Waals surface area (Å²) < 4.78 is 16.0. The van der Waals surface area contributed by atoms with Gasteiger partial charge in [-0.3, -0.25) is 0 Å². The van der Waals surface area contributed by atoms with Crippen LogP contribution in [0.3, 0.4) is 0 Å². The molecule has 6 nitrogen and oxygen atoms in total. The second kappa shape index (κ2) is 7.41. The van der Waals surface area contributed by atoms with Crippen LogP contribution >= 0.6 is 0 Å². The summed E-state index contributed by atoms with van der Waals surface area (Å²) in [5.74, 6) is 2.09. The highest BCUT2D eigenvalue weighted by Gasteiger charge is 2.13. The SMILES string of the molecule is C=CCOc1cccc(NC(=O)NCc2ccc3c(c2)OCO3)c1. The first kappa shape index (κ1) is 15.7. The van der Waals surface area contributed by atoms with Crippen molar-refractivity contribution in [1.82, 2.24) is 5.32 Å². The van der Waals surface area contributed by atoms with Crippen molar-refractivity contribution in [1.29, 1.82) is 0 Å². The van der Waals surface area contributed by atoms with Gasteiger partial charge in [0.25, 0.3) is 0 Å². The quantitative estimate of drug-likeness (QED) is 0.799. The van der Waals surface area contributed by atoms with Crippen molar-refractivity contribution in [3.63, 3.8) is 0 Å². The van der Waals surface area contributed by atoms with Gasteiger partial charge in [-0.25, -0.2) is 4.79 Å². The van der Waals surface area contributed by atoms with Crippen LogP contribution in [0, 0.1) is 0 Å². The third-order valence-electron chi connectivity index (χ3n) is 3.35. The second-order valence-electron chi connectivity index (χ2n) is 5.12. The first-order chi connectivity index (χ1) is 11.7. The van der Waals surface area contributed by atoms with Crippen LogP contribution in [-0.2, 0) is 6.54 Å². The largest absolute Gasteiger partial charge is 0.489 e. The van der Waals surface area contributed by atoms with E-state index in [0.29, 0.717) is 30.3 Å². The summed E-state index contributed by atoms with van der Waals surface area (Å²) in [5, 5.41) is 5.57. The molecule has 2 amide bonds. The molecule has 0 fully saturated rings. The van der Waals surface area contributed by atoms with Crippen molar-refractivity contribution in [3.8, 4) is 17.2 Å². The van der Waals surface area contributed by atoms with Gasteiger partial charge in [0.1, 0.15) is 12.4 Å². The molecule has 2 aromatic rings. The topological polar surface area (TPSA) is 68.8 Å². The van der Waals surface area contributed by atoms with Gasteiger partial charge in [0, 0.05) is 18.3 Å². The van der Waals surface area contributed by atoms with E-state index in [1.165, 1.54) is 0 Å². The predicted octanol–water partition coefficient (Wildman–Crippen LogP) is 3.30. The van der Waals surface area contributed by atoms with Gasteiger partial charge >= 0.3 is 6.03 Å². The molecule has 2 N–H and O–H groups in total. The summed E-state index contributed by atoms with van der Waals surface area (Å²) in [6.07, 6.45) is 1.66. The molecule has 1 heterocycles. The van der Waals surface area contributed by atoms with Crippen LogP contribution < -0.4 is 24.8 Å². The molecule has 0 atom stereocenters. The fourth-order valence-electron chi connectivity index (χ4n) is 2.23. The zero-order chi connectivity index (χ0) is 16.8. The van der Waals surface area contributed by atoms with Gasteiger partial charge in [-0.1, -0.05) is 24.8 Å². The molecular weight excluding hydrogens is 308 g/mol. The van der Waals surface area contributed by atoms with Crippen LogP contribution in [0.15, 0.2) is 55.1 Å². The van der Waals surface area contributed by atoms with Crippen LogP contribution in [0.5, 0.6) is 17.2 Å². The van der Waals surface area contributed by atoms with E-state index in [-0.39, 0.29) is 12.8 Å². The molecule has 0 aromatic heterocycles. The summed E-state index contributed by atoms with van der Waals surface area (Å²) in [6, 6.07) is 12.4. The average molecular weight is 326 g/mol. The van der Waals surface area contributed by atoms with E-state index in [9.17, 15) is 4.79 Å². The molecule has 0 unspecified atom stereocenters. The summed E-state index contributed by atoms with van der Waals surface area (Å²) in [7, 11) is 0. The highest BCUT2D eigenvalue weighted by molar-refractivity contribution is 5.89. The maximum atomic E-state index is 12.0. The lowest BCUT2D eigenvalue weighted by atomic mass is 10.2. The molecule has 124 valence electrons. The Hall–Kier alpha value is -3.15. The Morgan fingerprint density at radius 2 is 2.08 bits per heavy atom. The van der Waals surface area contributed by atoms with E-state index < -0.39 is 0 Å². The van der Waals surface area contributed by atoms with E-state index in [1.54, 1.807) is 18.2 Å². The number of fused-ring (bicyclic) bond motifs is 1. The minimum atomic E-state index is -0.298. The lowest BCUT2D eigenvalue weighted by Crippen LogP contribution is -2.28. The summed E-state index contributed by atoms with van der Waals surface area (Å²) >= 11 is 0. The lowest BCUT2D eigenvalue weighted by molar-refractivity contribution is 0.174. The second-order valence-corrected chi connectivity index (χ2v) is 5.12. The maximum absolute atomic E-state index is 12.0. The molecular formula is C18H18N2O4. The first-order valence-electron chi connectivity index (χ1n) is 7.52. The minimum absolute atomic E-state index is 0.233. The van der Waals surface area contributed by atoms with Crippen LogP contribution in [0.1, 0.15) is 5.56 Å². The number of ether oxygens (including phenoxy) is 3. The number of rotatable bonds is 6. The van der Waals surface area contributed by atoms with Gasteiger partial charge < -0.3 is 24.8 Å². The number of nitrogens with one attached hydrogen (secondary N) is 2. The average Bonchev–Trinajstić information content (AvgIpc) is 3.06. The number of benzene rings is 2. The molecule has 6 heteroatoms. The third-order valence-corrected chi connectivity index (χ3v) is 3.35. The molecule has 0 radical (unpaired) electrons. The Bertz CT molecular complexity index is 746. The molecule has 0 bridgehead atoms. The maximum Gasteiger partial charge on any atom is 0.319 e. The van der Waals surface area contributed by atoms with Gasteiger partial charge in [0.2, 0.25) is 6.79 Å². The van der Waals surface area contributed by atoms with Gasteiger partial charge in [0.15, 0.2) is 11.5 Å². The van der Waals surface area contributed by atoms with Gasteiger partial charge in [-0.05, 0) is 29.8 Å². The van der Waals surface area contributed by atoms with Crippen molar-refractivity contribution < 1.29 is 19.0 Å². The number of carbonyl (C=O) groups is 1. The Labute approximate surface area is 140 Å². The first-order valence-corrected chi connectivity index (χ1v) is 7.52. The Kier molecular flexibility index (Phi) is 4.86. The van der Waals surface area contributed by atoms with E-state index in [1.807, 2.05) is 30.3 Å². The standard InChI is InChI=1S/C18H18N2O4/c1-2-8-22-15-5-3-4-14(10-15)20-18(21)19-11-13-6-7-16-17(9-13)24-12-23-16/h2-7,9-10H,1,8,11-12H2,(H2,19,20,21). The Morgan fingerprint density at radius 1 is 1.21 bits per heavy atom. The number of carbonyl (C=O) groups excluding carboxylic acids is 1. The van der Waals surface area contributed by atoms with Crippen LogP contribution in [0.4, 0.5) is 10.5 Å². The van der Waals surface area contributed by atoms with Gasteiger partial charge in [-0.15, -0.1) is 0 Å². The molecule has 2 aromatic carbocycles. The van der Waals surface area contributed by atoms with Crippen molar-refractivity contribution in [2.24, 2.45) is 0 Å². The summed E-state index contributed by atoms with van der Waals surface area (Å²) in [6.45, 7) is 4.63. The molecule has 0 saturated heterocycles. The minimum Gasteiger partial charge on any atom is -0.489 e. The lowest BCUT2D eigenvalue weighted by Gasteiger charge is -2.10. The Balaban J connectivity index is 1.53. The van der Waals surface area contributed by atoms with Crippen molar-refractivity contribution in [3.05, 3.63) is 60.7 Å².